The van der Waals surface area contributed by atoms with Gasteiger partial charge in [-0.15, -0.1) is 5.10 Å². The van der Waals surface area contributed by atoms with Crippen molar-refractivity contribution in [2.24, 2.45) is 0 Å². The van der Waals surface area contributed by atoms with Gasteiger partial charge >= 0.3 is 0 Å². The number of hydrogen-bond acceptors (Lipinski definition) is 5. The van der Waals surface area contributed by atoms with Gasteiger partial charge in [0.25, 0.3) is 0 Å². The highest BCUT2D eigenvalue weighted by Crippen LogP contribution is 2.51. The Morgan fingerprint density at radius 2 is 1.86 bits per heavy atom. The van der Waals surface area contributed by atoms with Crippen LogP contribution in [0.4, 0.5) is 5.82 Å². The van der Waals surface area contributed by atoms with Crippen LogP contribution in [0.25, 0.3) is 0 Å². The van der Waals surface area contributed by atoms with Crippen molar-refractivity contribution in [3.63, 3.8) is 0 Å². The molecule has 1 aliphatic heterocycles. The number of amides is 1. The molecule has 3 aromatic rings. The van der Waals surface area contributed by atoms with Gasteiger partial charge < -0.3 is 14.8 Å². The van der Waals surface area contributed by atoms with E-state index in [1.54, 1.807) is 6.07 Å². The zero-order valence-electron chi connectivity index (χ0n) is 15.5. The predicted molar refractivity (Wildman–Crippen MR) is 108 cm³/mol. The van der Waals surface area contributed by atoms with Crippen LogP contribution in [0.5, 0.6) is 11.5 Å². The molecule has 2 aromatic carbocycles. The molecule has 1 fully saturated rings. The average Bonchev–Trinajstić information content (AvgIpc) is 3.42. The molecule has 0 atom stereocenters. The molecule has 0 saturated heterocycles. The van der Waals surface area contributed by atoms with E-state index in [2.05, 4.69) is 15.5 Å². The van der Waals surface area contributed by atoms with Crippen molar-refractivity contribution in [1.29, 1.82) is 0 Å². The van der Waals surface area contributed by atoms with Crippen LogP contribution in [0.1, 0.15) is 29.7 Å². The van der Waals surface area contributed by atoms with Crippen molar-refractivity contribution in [2.45, 2.75) is 24.7 Å². The number of ether oxygens (including phenoxy) is 2. The molecule has 146 valence electrons. The highest BCUT2D eigenvalue weighted by molar-refractivity contribution is 6.31. The van der Waals surface area contributed by atoms with Gasteiger partial charge in [0.05, 0.1) is 11.1 Å². The number of carbonyl (C=O) groups excluding carboxylic acids is 1. The standard InChI is InChI=1S/C22H18ClN3O3/c23-17-4-2-1-3-14(17)11-16-6-8-20(26-25-16)24-21(27)22(9-10-22)15-5-7-18-19(12-15)29-13-28-18/h1-8,12H,9-11,13H2,(H,24,26,27). The monoisotopic (exact) mass is 407 g/mol. The SMILES string of the molecule is O=C(Nc1ccc(Cc2ccccc2Cl)nn1)C1(c2ccc3c(c2)OCO3)CC1. The largest absolute Gasteiger partial charge is 0.454 e. The van der Waals surface area contributed by atoms with Gasteiger partial charge in [-0.05, 0) is 54.3 Å². The fourth-order valence-electron chi connectivity index (χ4n) is 3.56. The van der Waals surface area contributed by atoms with Gasteiger partial charge in [-0.2, -0.15) is 5.10 Å². The summed E-state index contributed by atoms with van der Waals surface area (Å²) in [6, 6.07) is 16.9. The van der Waals surface area contributed by atoms with Crippen LogP contribution < -0.4 is 14.8 Å². The van der Waals surface area contributed by atoms with Crippen LogP contribution in [-0.2, 0) is 16.6 Å². The Balaban J connectivity index is 1.29. The van der Waals surface area contributed by atoms with Crippen molar-refractivity contribution < 1.29 is 14.3 Å². The number of carbonyl (C=O) groups is 1. The van der Waals surface area contributed by atoms with E-state index in [9.17, 15) is 4.79 Å². The van der Waals surface area contributed by atoms with E-state index in [1.165, 1.54) is 0 Å². The summed E-state index contributed by atoms with van der Waals surface area (Å²) in [6.45, 7) is 0.216. The molecule has 1 N–H and O–H groups in total. The first kappa shape index (κ1) is 17.9. The summed E-state index contributed by atoms with van der Waals surface area (Å²) >= 11 is 6.20. The van der Waals surface area contributed by atoms with Crippen LogP contribution in [0.3, 0.4) is 0 Å². The van der Waals surface area contributed by atoms with Gasteiger partial charge in [-0.25, -0.2) is 0 Å². The van der Waals surface area contributed by atoms with Gasteiger partial charge in [-0.3, -0.25) is 4.79 Å². The summed E-state index contributed by atoms with van der Waals surface area (Å²) in [5, 5.41) is 12.0. The Morgan fingerprint density at radius 3 is 2.62 bits per heavy atom. The highest BCUT2D eigenvalue weighted by atomic mass is 35.5. The third-order valence-corrected chi connectivity index (χ3v) is 5.77. The second kappa shape index (κ2) is 7.04. The molecule has 0 spiro atoms. The number of benzene rings is 2. The minimum absolute atomic E-state index is 0.0791. The quantitative estimate of drug-likeness (QED) is 0.688. The van der Waals surface area contributed by atoms with Crippen LogP contribution in [0, 0.1) is 0 Å². The zero-order chi connectivity index (χ0) is 19.8. The topological polar surface area (TPSA) is 73.3 Å². The molecule has 0 radical (unpaired) electrons. The molecule has 29 heavy (non-hydrogen) atoms. The number of fused-ring (bicyclic) bond motifs is 1. The molecule has 1 aromatic heterocycles. The lowest BCUT2D eigenvalue weighted by atomic mass is 9.94. The van der Waals surface area contributed by atoms with E-state index in [0.717, 1.165) is 29.7 Å². The fraction of sp³-hybridized carbons (Fsp3) is 0.227. The van der Waals surface area contributed by atoms with Gasteiger partial charge in [0, 0.05) is 11.4 Å². The average molecular weight is 408 g/mol. The maximum Gasteiger partial charge on any atom is 0.236 e. The number of rotatable bonds is 5. The number of anilines is 1. The van der Waals surface area contributed by atoms with Gasteiger partial charge in [0.1, 0.15) is 0 Å². The molecular formula is C22H18ClN3O3. The smallest absolute Gasteiger partial charge is 0.236 e. The summed E-state index contributed by atoms with van der Waals surface area (Å²) in [5.41, 5.74) is 2.16. The van der Waals surface area contributed by atoms with Crippen molar-refractivity contribution in [3.05, 3.63) is 76.4 Å². The normalized spacial score (nSPS) is 15.8. The first-order valence-corrected chi connectivity index (χ1v) is 9.79. The van der Waals surface area contributed by atoms with Crippen LogP contribution in [0.15, 0.2) is 54.6 Å². The minimum Gasteiger partial charge on any atom is -0.454 e. The Kier molecular flexibility index (Phi) is 4.36. The number of hydrogen-bond donors (Lipinski definition) is 1. The van der Waals surface area contributed by atoms with Gasteiger partial charge in [0.2, 0.25) is 12.7 Å². The third kappa shape index (κ3) is 3.40. The number of aromatic nitrogens is 2. The maximum absolute atomic E-state index is 12.9. The van der Waals surface area contributed by atoms with Crippen molar-refractivity contribution >= 4 is 23.3 Å². The molecule has 0 unspecified atom stereocenters. The Morgan fingerprint density at radius 1 is 1.03 bits per heavy atom. The predicted octanol–water partition coefficient (Wildman–Crippen LogP) is 4.12. The van der Waals surface area contributed by atoms with E-state index in [1.807, 2.05) is 48.5 Å². The van der Waals surface area contributed by atoms with Crippen LogP contribution in [0.2, 0.25) is 5.02 Å². The van der Waals surface area contributed by atoms with E-state index in [0.29, 0.717) is 28.8 Å². The summed E-state index contributed by atoms with van der Waals surface area (Å²) in [6.07, 6.45) is 2.16. The second-order valence-corrected chi connectivity index (χ2v) is 7.69. The lowest BCUT2D eigenvalue weighted by Crippen LogP contribution is -2.28. The van der Waals surface area contributed by atoms with E-state index >= 15 is 0 Å². The van der Waals surface area contributed by atoms with E-state index in [-0.39, 0.29) is 12.7 Å². The minimum atomic E-state index is -0.543. The molecule has 1 amide bonds. The third-order valence-electron chi connectivity index (χ3n) is 5.40. The summed E-state index contributed by atoms with van der Waals surface area (Å²) < 4.78 is 10.8. The number of nitrogens with zero attached hydrogens (tertiary/aromatic N) is 2. The van der Waals surface area contributed by atoms with Crippen LogP contribution >= 0.6 is 11.6 Å². The summed E-state index contributed by atoms with van der Waals surface area (Å²) in [5.74, 6) is 1.75. The second-order valence-electron chi connectivity index (χ2n) is 7.28. The molecular weight excluding hydrogens is 390 g/mol. The number of halogens is 1. The summed E-state index contributed by atoms with van der Waals surface area (Å²) in [4.78, 5) is 12.9. The molecule has 0 bridgehead atoms. The van der Waals surface area contributed by atoms with Gasteiger partial charge in [0.15, 0.2) is 17.3 Å². The Hall–Kier alpha value is -3.12. The van der Waals surface area contributed by atoms with Crippen molar-refractivity contribution in [1.82, 2.24) is 10.2 Å². The van der Waals surface area contributed by atoms with Crippen molar-refractivity contribution in [3.8, 4) is 11.5 Å². The Labute approximate surface area is 172 Å². The molecule has 2 heterocycles. The fourth-order valence-corrected chi connectivity index (χ4v) is 3.76. The lowest BCUT2D eigenvalue weighted by molar-refractivity contribution is -0.118. The van der Waals surface area contributed by atoms with Crippen LogP contribution in [-0.4, -0.2) is 22.9 Å². The molecule has 2 aliphatic rings. The van der Waals surface area contributed by atoms with E-state index in [4.69, 9.17) is 21.1 Å². The van der Waals surface area contributed by atoms with E-state index < -0.39 is 5.41 Å². The molecule has 1 saturated carbocycles. The van der Waals surface area contributed by atoms with Crippen molar-refractivity contribution in [2.75, 3.05) is 12.1 Å². The zero-order valence-corrected chi connectivity index (χ0v) is 16.3. The lowest BCUT2D eigenvalue weighted by Gasteiger charge is -2.15. The summed E-state index contributed by atoms with van der Waals surface area (Å²) in [7, 11) is 0. The number of nitrogens with one attached hydrogen (secondary N) is 1. The Bertz CT molecular complexity index is 1080. The molecule has 5 rings (SSSR count). The highest BCUT2D eigenvalue weighted by Gasteiger charge is 2.51. The first-order chi connectivity index (χ1) is 14.1. The molecule has 7 heteroatoms. The molecule has 6 nitrogen and oxygen atoms in total. The first-order valence-electron chi connectivity index (χ1n) is 9.42. The molecule has 1 aliphatic carbocycles. The van der Waals surface area contributed by atoms with Gasteiger partial charge in [-0.1, -0.05) is 35.9 Å². The maximum atomic E-state index is 12.9.